The Labute approximate surface area is 159 Å². The van der Waals surface area contributed by atoms with E-state index in [4.69, 9.17) is 14.2 Å². The molecule has 0 saturated heterocycles. The molecule has 0 fully saturated rings. The van der Waals surface area contributed by atoms with E-state index in [0.29, 0.717) is 30.2 Å². The summed E-state index contributed by atoms with van der Waals surface area (Å²) in [5.74, 6) is -0.0101. The van der Waals surface area contributed by atoms with Crippen molar-refractivity contribution in [2.24, 2.45) is 0 Å². The molecule has 0 heterocycles. The Morgan fingerprint density at radius 3 is 2.44 bits per heavy atom. The summed E-state index contributed by atoms with van der Waals surface area (Å²) < 4.78 is 15.8. The highest BCUT2D eigenvalue weighted by Crippen LogP contribution is 2.20. The number of hydrogen-bond acceptors (Lipinski definition) is 5. The molecular formula is C21H25NO5. The summed E-state index contributed by atoms with van der Waals surface area (Å²) in [4.78, 5) is 23.9. The predicted molar refractivity (Wildman–Crippen MR) is 103 cm³/mol. The Morgan fingerprint density at radius 1 is 1.00 bits per heavy atom. The smallest absolute Gasteiger partial charge is 0.338 e. The van der Waals surface area contributed by atoms with Crippen molar-refractivity contribution in [3.05, 3.63) is 59.2 Å². The van der Waals surface area contributed by atoms with Crippen LogP contribution in [0.5, 0.6) is 5.75 Å². The molecule has 0 atom stereocenters. The van der Waals surface area contributed by atoms with E-state index in [-0.39, 0.29) is 19.1 Å². The molecule has 6 heteroatoms. The zero-order valence-electron chi connectivity index (χ0n) is 15.9. The number of carbonyl (C=O) groups is 2. The number of hydrogen-bond donors (Lipinski definition) is 1. The molecule has 0 aliphatic carbocycles. The van der Waals surface area contributed by atoms with Gasteiger partial charge in [0.25, 0.3) is 5.91 Å². The monoisotopic (exact) mass is 371 g/mol. The van der Waals surface area contributed by atoms with Gasteiger partial charge in [-0.1, -0.05) is 12.1 Å². The lowest BCUT2D eigenvalue weighted by molar-refractivity contribution is -0.118. The molecule has 2 aromatic rings. The SMILES string of the molecule is CCOCCOC(=O)c1ccc(NC(=O)COc2cccc(C)c2C)cc1. The number of carbonyl (C=O) groups excluding carboxylic acids is 2. The minimum atomic E-state index is -0.425. The molecule has 0 spiro atoms. The number of aryl methyl sites for hydroxylation is 1. The largest absolute Gasteiger partial charge is 0.483 e. The number of esters is 1. The molecule has 1 N–H and O–H groups in total. The highest BCUT2D eigenvalue weighted by Gasteiger charge is 2.09. The Kier molecular flexibility index (Phi) is 7.82. The fourth-order valence-corrected chi connectivity index (χ4v) is 2.33. The van der Waals surface area contributed by atoms with E-state index in [1.54, 1.807) is 24.3 Å². The first kappa shape index (κ1) is 20.5. The number of ether oxygens (including phenoxy) is 3. The van der Waals surface area contributed by atoms with Gasteiger partial charge in [0.15, 0.2) is 6.61 Å². The molecule has 144 valence electrons. The average Bonchev–Trinajstić information content (AvgIpc) is 2.67. The van der Waals surface area contributed by atoms with Gasteiger partial charge in [-0.25, -0.2) is 4.79 Å². The first-order chi connectivity index (χ1) is 13.0. The molecule has 2 rings (SSSR count). The second-order valence-electron chi connectivity index (χ2n) is 5.95. The normalized spacial score (nSPS) is 10.3. The molecule has 1 amide bonds. The fourth-order valence-electron chi connectivity index (χ4n) is 2.33. The number of rotatable bonds is 9. The summed E-state index contributed by atoms with van der Waals surface area (Å²) >= 11 is 0. The average molecular weight is 371 g/mol. The topological polar surface area (TPSA) is 73.9 Å². The molecule has 0 unspecified atom stereocenters. The summed E-state index contributed by atoms with van der Waals surface area (Å²) in [5, 5.41) is 2.74. The lowest BCUT2D eigenvalue weighted by atomic mass is 10.1. The number of nitrogens with one attached hydrogen (secondary N) is 1. The van der Waals surface area contributed by atoms with Crippen molar-refractivity contribution in [2.45, 2.75) is 20.8 Å². The Balaban J connectivity index is 1.82. The molecule has 6 nitrogen and oxygen atoms in total. The van der Waals surface area contributed by atoms with Crippen molar-refractivity contribution in [3.63, 3.8) is 0 Å². The summed E-state index contributed by atoms with van der Waals surface area (Å²) in [6, 6.07) is 12.2. The van der Waals surface area contributed by atoms with Crippen molar-refractivity contribution in [1.29, 1.82) is 0 Å². The van der Waals surface area contributed by atoms with Crippen molar-refractivity contribution in [3.8, 4) is 5.75 Å². The van der Waals surface area contributed by atoms with Gasteiger partial charge in [0.1, 0.15) is 12.4 Å². The molecule has 2 aromatic carbocycles. The van der Waals surface area contributed by atoms with Crippen molar-refractivity contribution in [2.75, 3.05) is 31.7 Å². The van der Waals surface area contributed by atoms with Crippen molar-refractivity contribution < 1.29 is 23.8 Å². The van der Waals surface area contributed by atoms with Crippen LogP contribution in [0.3, 0.4) is 0 Å². The molecule has 0 saturated carbocycles. The van der Waals surface area contributed by atoms with Gasteiger partial charge in [-0.2, -0.15) is 0 Å². The Morgan fingerprint density at radius 2 is 1.74 bits per heavy atom. The molecule has 0 aliphatic heterocycles. The van der Waals surface area contributed by atoms with Crippen LogP contribution in [0.2, 0.25) is 0 Å². The molecule has 0 aromatic heterocycles. The quantitative estimate of drug-likeness (QED) is 0.539. The molecular weight excluding hydrogens is 346 g/mol. The molecule has 0 aliphatic rings. The lowest BCUT2D eigenvalue weighted by Crippen LogP contribution is -2.20. The predicted octanol–water partition coefficient (Wildman–Crippen LogP) is 3.51. The van der Waals surface area contributed by atoms with Crippen LogP contribution in [0.25, 0.3) is 0 Å². The third kappa shape index (κ3) is 6.42. The van der Waals surface area contributed by atoms with Crippen LogP contribution in [-0.2, 0) is 14.3 Å². The number of anilines is 1. The van der Waals surface area contributed by atoms with Gasteiger partial charge < -0.3 is 19.5 Å². The maximum atomic E-state index is 12.1. The molecule has 0 bridgehead atoms. The summed E-state index contributed by atoms with van der Waals surface area (Å²) in [7, 11) is 0. The van der Waals surface area contributed by atoms with E-state index in [0.717, 1.165) is 11.1 Å². The third-order valence-electron chi connectivity index (χ3n) is 3.98. The van der Waals surface area contributed by atoms with Crippen LogP contribution in [0, 0.1) is 13.8 Å². The van der Waals surface area contributed by atoms with Crippen molar-refractivity contribution in [1.82, 2.24) is 0 Å². The van der Waals surface area contributed by atoms with E-state index in [1.807, 2.05) is 39.0 Å². The van der Waals surface area contributed by atoms with Gasteiger partial charge >= 0.3 is 5.97 Å². The van der Waals surface area contributed by atoms with E-state index >= 15 is 0 Å². The van der Waals surface area contributed by atoms with E-state index in [2.05, 4.69) is 5.32 Å². The zero-order chi connectivity index (χ0) is 19.6. The van der Waals surface area contributed by atoms with E-state index < -0.39 is 5.97 Å². The van der Waals surface area contributed by atoms with E-state index in [9.17, 15) is 9.59 Å². The van der Waals surface area contributed by atoms with Crippen LogP contribution in [0.4, 0.5) is 5.69 Å². The van der Waals surface area contributed by atoms with Gasteiger partial charge in [0, 0.05) is 12.3 Å². The van der Waals surface area contributed by atoms with Gasteiger partial charge in [-0.15, -0.1) is 0 Å². The molecule has 27 heavy (non-hydrogen) atoms. The fraction of sp³-hybridized carbons (Fsp3) is 0.333. The van der Waals surface area contributed by atoms with Crippen molar-refractivity contribution >= 4 is 17.6 Å². The van der Waals surface area contributed by atoms with Gasteiger partial charge in [0.2, 0.25) is 0 Å². The van der Waals surface area contributed by atoms with Gasteiger partial charge in [-0.3, -0.25) is 4.79 Å². The van der Waals surface area contributed by atoms with Crippen LogP contribution in [0.1, 0.15) is 28.4 Å². The zero-order valence-corrected chi connectivity index (χ0v) is 15.9. The summed E-state index contributed by atoms with van der Waals surface area (Å²) in [6.07, 6.45) is 0. The second kappa shape index (κ2) is 10.3. The summed E-state index contributed by atoms with van der Waals surface area (Å²) in [6.45, 7) is 6.89. The highest BCUT2D eigenvalue weighted by atomic mass is 16.6. The standard InChI is InChI=1S/C21H25NO5/c1-4-25-12-13-26-21(24)17-8-10-18(11-9-17)22-20(23)14-27-19-7-5-6-15(2)16(19)3/h5-11H,4,12-14H2,1-3H3,(H,22,23). The van der Waals surface area contributed by atoms with Gasteiger partial charge in [0.05, 0.1) is 12.2 Å². The minimum Gasteiger partial charge on any atom is -0.483 e. The third-order valence-corrected chi connectivity index (χ3v) is 3.98. The highest BCUT2D eigenvalue weighted by molar-refractivity contribution is 5.93. The van der Waals surface area contributed by atoms with Crippen LogP contribution in [-0.4, -0.2) is 38.3 Å². The second-order valence-corrected chi connectivity index (χ2v) is 5.95. The Hall–Kier alpha value is -2.86. The summed E-state index contributed by atoms with van der Waals surface area (Å²) in [5.41, 5.74) is 3.11. The van der Waals surface area contributed by atoms with Crippen LogP contribution >= 0.6 is 0 Å². The first-order valence-electron chi connectivity index (χ1n) is 8.85. The Bertz CT molecular complexity index is 771. The number of benzene rings is 2. The van der Waals surface area contributed by atoms with Gasteiger partial charge in [-0.05, 0) is 62.2 Å². The van der Waals surface area contributed by atoms with Crippen LogP contribution in [0.15, 0.2) is 42.5 Å². The maximum absolute atomic E-state index is 12.1. The van der Waals surface area contributed by atoms with E-state index in [1.165, 1.54) is 0 Å². The number of amides is 1. The minimum absolute atomic E-state index is 0.0918. The lowest BCUT2D eigenvalue weighted by Gasteiger charge is -2.11. The van der Waals surface area contributed by atoms with Crippen LogP contribution < -0.4 is 10.1 Å². The first-order valence-corrected chi connectivity index (χ1v) is 8.85. The molecule has 0 radical (unpaired) electrons. The maximum Gasteiger partial charge on any atom is 0.338 e.